The molecule has 5 rings (SSSR count). The number of aromatic nitrogens is 5. The van der Waals surface area contributed by atoms with E-state index in [0.29, 0.717) is 0 Å². The molecular weight excluding hydrogens is 376 g/mol. The largest absolute Gasteiger partial charge is 0.351 e. The van der Waals surface area contributed by atoms with Gasteiger partial charge in [-0.25, -0.2) is 4.98 Å². The van der Waals surface area contributed by atoms with Crippen molar-refractivity contribution < 1.29 is 0 Å². The van der Waals surface area contributed by atoms with E-state index in [9.17, 15) is 0 Å². The topological polar surface area (TPSA) is 77.1 Å². The third-order valence-electron chi connectivity index (χ3n) is 6.28. The van der Waals surface area contributed by atoms with Gasteiger partial charge in [0.2, 0.25) is 5.95 Å². The van der Waals surface area contributed by atoms with Gasteiger partial charge < -0.3 is 14.7 Å². The SMILES string of the molecule is Cc1nc(N2CCN(C)CC2)nc(N2CCc3nc(-c4cn[nH]c4)ccc3C2)c1C. The number of piperazine rings is 1. The van der Waals surface area contributed by atoms with Crippen molar-refractivity contribution in [1.29, 1.82) is 0 Å². The minimum atomic E-state index is 0.827. The number of pyridine rings is 1. The molecule has 0 spiro atoms. The van der Waals surface area contributed by atoms with Crippen LogP contribution in [0.5, 0.6) is 0 Å². The van der Waals surface area contributed by atoms with Gasteiger partial charge in [-0.1, -0.05) is 6.07 Å². The predicted molar refractivity (Wildman–Crippen MR) is 118 cm³/mol. The van der Waals surface area contributed by atoms with Crippen molar-refractivity contribution in [3.8, 4) is 11.3 Å². The summed E-state index contributed by atoms with van der Waals surface area (Å²) in [6.07, 6.45) is 4.61. The molecule has 3 aromatic rings. The fourth-order valence-electron chi connectivity index (χ4n) is 4.20. The van der Waals surface area contributed by atoms with E-state index in [-0.39, 0.29) is 0 Å². The molecule has 8 nitrogen and oxygen atoms in total. The number of hydrogen-bond acceptors (Lipinski definition) is 7. The second-order valence-corrected chi connectivity index (χ2v) is 8.31. The lowest BCUT2D eigenvalue weighted by atomic mass is 10.0. The number of H-pyrrole nitrogens is 1. The fourth-order valence-corrected chi connectivity index (χ4v) is 4.20. The van der Waals surface area contributed by atoms with Crippen molar-refractivity contribution in [2.24, 2.45) is 0 Å². The van der Waals surface area contributed by atoms with Crippen molar-refractivity contribution in [3.05, 3.63) is 47.0 Å². The van der Waals surface area contributed by atoms with E-state index in [1.165, 1.54) is 16.8 Å². The number of nitrogens with zero attached hydrogens (tertiary/aromatic N) is 7. The Balaban J connectivity index is 1.41. The van der Waals surface area contributed by atoms with Gasteiger partial charge in [-0.3, -0.25) is 10.1 Å². The van der Waals surface area contributed by atoms with Crippen LogP contribution in [0.4, 0.5) is 11.8 Å². The number of aryl methyl sites for hydroxylation is 1. The molecule has 2 aliphatic heterocycles. The summed E-state index contributed by atoms with van der Waals surface area (Å²) in [6, 6.07) is 4.28. The van der Waals surface area contributed by atoms with Crippen LogP contribution >= 0.6 is 0 Å². The molecule has 0 aromatic carbocycles. The highest BCUT2D eigenvalue weighted by Crippen LogP contribution is 2.29. The van der Waals surface area contributed by atoms with Gasteiger partial charge in [0.05, 0.1) is 11.9 Å². The zero-order valence-electron chi connectivity index (χ0n) is 17.9. The summed E-state index contributed by atoms with van der Waals surface area (Å²) in [5.74, 6) is 1.92. The van der Waals surface area contributed by atoms with Gasteiger partial charge in [0.25, 0.3) is 0 Å². The third kappa shape index (κ3) is 3.52. The standard InChI is InChI=1S/C22H28N8/c1-15-16(2)25-22(29-10-8-28(3)9-11-29)27-21(15)30-7-6-20-17(14-30)4-5-19(26-20)18-12-23-24-13-18/h4-5,12-13H,6-11,14H2,1-3H3,(H,23,24). The van der Waals surface area contributed by atoms with Gasteiger partial charge in [0.1, 0.15) is 5.82 Å². The van der Waals surface area contributed by atoms with E-state index in [4.69, 9.17) is 15.0 Å². The number of anilines is 2. The minimum Gasteiger partial charge on any atom is -0.351 e. The zero-order valence-corrected chi connectivity index (χ0v) is 17.9. The van der Waals surface area contributed by atoms with E-state index < -0.39 is 0 Å². The number of nitrogens with one attached hydrogen (secondary N) is 1. The lowest BCUT2D eigenvalue weighted by Crippen LogP contribution is -2.45. The first-order valence-electron chi connectivity index (χ1n) is 10.6. The first-order chi connectivity index (χ1) is 14.6. The maximum absolute atomic E-state index is 5.03. The van der Waals surface area contributed by atoms with Crippen LogP contribution in [-0.4, -0.2) is 69.8 Å². The Labute approximate surface area is 177 Å². The molecule has 1 saturated heterocycles. The van der Waals surface area contributed by atoms with E-state index in [0.717, 1.165) is 74.4 Å². The molecular formula is C22H28N8. The first-order valence-corrected chi connectivity index (χ1v) is 10.6. The van der Waals surface area contributed by atoms with Gasteiger partial charge in [-0.15, -0.1) is 0 Å². The maximum Gasteiger partial charge on any atom is 0.227 e. The van der Waals surface area contributed by atoms with Gasteiger partial charge in [-0.05, 0) is 32.5 Å². The second kappa shape index (κ2) is 7.68. The lowest BCUT2D eigenvalue weighted by molar-refractivity contribution is 0.311. The quantitative estimate of drug-likeness (QED) is 0.717. The summed E-state index contributed by atoms with van der Waals surface area (Å²) in [7, 11) is 2.17. The van der Waals surface area contributed by atoms with Crippen molar-refractivity contribution in [2.45, 2.75) is 26.8 Å². The van der Waals surface area contributed by atoms with Crippen LogP contribution in [0.3, 0.4) is 0 Å². The average molecular weight is 405 g/mol. The van der Waals surface area contributed by atoms with Crippen LogP contribution < -0.4 is 9.80 Å². The smallest absolute Gasteiger partial charge is 0.227 e. The number of likely N-dealkylation sites (N-methyl/N-ethyl adjacent to an activating group) is 1. The molecule has 0 radical (unpaired) electrons. The normalized spacial score (nSPS) is 17.3. The van der Waals surface area contributed by atoms with E-state index in [1.54, 1.807) is 0 Å². The lowest BCUT2D eigenvalue weighted by Gasteiger charge is -2.34. The van der Waals surface area contributed by atoms with Crippen LogP contribution in [0.1, 0.15) is 22.5 Å². The van der Waals surface area contributed by atoms with E-state index >= 15 is 0 Å². The summed E-state index contributed by atoms with van der Waals surface area (Å²) in [4.78, 5) is 21.8. The third-order valence-corrected chi connectivity index (χ3v) is 6.28. The Morgan fingerprint density at radius 3 is 2.53 bits per heavy atom. The van der Waals surface area contributed by atoms with Crippen LogP contribution in [-0.2, 0) is 13.0 Å². The molecule has 156 valence electrons. The molecule has 0 amide bonds. The van der Waals surface area contributed by atoms with Crippen molar-refractivity contribution in [1.82, 2.24) is 30.0 Å². The number of hydrogen-bond donors (Lipinski definition) is 1. The minimum absolute atomic E-state index is 0.827. The Bertz CT molecular complexity index is 1040. The summed E-state index contributed by atoms with van der Waals surface area (Å²) >= 11 is 0. The Hall–Kier alpha value is -3.00. The number of rotatable bonds is 3. The van der Waals surface area contributed by atoms with Gasteiger partial charge in [-0.2, -0.15) is 10.1 Å². The van der Waals surface area contributed by atoms with E-state index in [1.807, 2.05) is 12.4 Å². The van der Waals surface area contributed by atoms with Gasteiger partial charge >= 0.3 is 0 Å². The molecule has 0 bridgehead atoms. The molecule has 3 aromatic heterocycles. The fraction of sp³-hybridized carbons (Fsp3) is 0.455. The number of aromatic amines is 1. The predicted octanol–water partition coefficient (Wildman–Crippen LogP) is 2.19. The summed E-state index contributed by atoms with van der Waals surface area (Å²) in [5, 5.41) is 6.90. The molecule has 8 heteroatoms. The summed E-state index contributed by atoms with van der Waals surface area (Å²) in [6.45, 7) is 10.0. The van der Waals surface area contributed by atoms with Crippen LogP contribution in [0.25, 0.3) is 11.3 Å². The molecule has 5 heterocycles. The molecule has 2 aliphatic rings. The van der Waals surface area contributed by atoms with Crippen LogP contribution in [0, 0.1) is 13.8 Å². The summed E-state index contributed by atoms with van der Waals surface area (Å²) < 4.78 is 0. The van der Waals surface area contributed by atoms with Crippen LogP contribution in [0.2, 0.25) is 0 Å². The van der Waals surface area contributed by atoms with Crippen molar-refractivity contribution in [3.63, 3.8) is 0 Å². The van der Waals surface area contributed by atoms with Crippen LogP contribution in [0.15, 0.2) is 24.5 Å². The molecule has 0 aliphatic carbocycles. The first kappa shape index (κ1) is 19.0. The molecule has 0 unspecified atom stereocenters. The molecule has 1 fully saturated rings. The highest BCUT2D eigenvalue weighted by molar-refractivity contribution is 5.59. The van der Waals surface area contributed by atoms with Gasteiger partial charge in [0, 0.05) is 74.4 Å². The average Bonchev–Trinajstić information content (AvgIpc) is 3.30. The monoisotopic (exact) mass is 404 g/mol. The zero-order chi connectivity index (χ0) is 20.7. The van der Waals surface area contributed by atoms with Crippen molar-refractivity contribution >= 4 is 11.8 Å². The maximum atomic E-state index is 5.03. The molecule has 30 heavy (non-hydrogen) atoms. The van der Waals surface area contributed by atoms with Crippen molar-refractivity contribution in [2.75, 3.05) is 49.6 Å². The highest BCUT2D eigenvalue weighted by atomic mass is 15.3. The molecule has 1 N–H and O–H groups in total. The van der Waals surface area contributed by atoms with Gasteiger partial charge in [0.15, 0.2) is 0 Å². The Morgan fingerprint density at radius 2 is 1.77 bits per heavy atom. The highest BCUT2D eigenvalue weighted by Gasteiger charge is 2.24. The Morgan fingerprint density at radius 1 is 0.933 bits per heavy atom. The Kier molecular flexibility index (Phi) is 4.86. The molecule has 0 atom stereocenters. The van der Waals surface area contributed by atoms with E-state index in [2.05, 4.69) is 57.9 Å². The molecule has 0 saturated carbocycles. The second-order valence-electron chi connectivity index (χ2n) is 8.31. The summed E-state index contributed by atoms with van der Waals surface area (Å²) in [5.41, 5.74) is 6.67. The number of fused-ring (bicyclic) bond motifs is 1.